The van der Waals surface area contributed by atoms with Crippen molar-refractivity contribution in [2.24, 2.45) is 0 Å². The van der Waals surface area contributed by atoms with E-state index in [1.54, 1.807) is 12.1 Å². The summed E-state index contributed by atoms with van der Waals surface area (Å²) in [5, 5.41) is 16.4. The summed E-state index contributed by atoms with van der Waals surface area (Å²) in [6.07, 6.45) is 4.50. The zero-order valence-electron chi connectivity index (χ0n) is 15.0. The monoisotopic (exact) mass is 351 g/mol. The molecule has 136 valence electrons. The maximum atomic E-state index is 12.0. The van der Waals surface area contributed by atoms with E-state index in [9.17, 15) is 9.90 Å². The minimum Gasteiger partial charge on any atom is -0.508 e. The molecule has 2 amide bonds. The maximum absolute atomic E-state index is 12.0. The summed E-state index contributed by atoms with van der Waals surface area (Å²) in [4.78, 5) is 15.3. The fourth-order valence-corrected chi connectivity index (χ4v) is 3.04. The summed E-state index contributed by atoms with van der Waals surface area (Å²) in [7, 11) is 0. The first kappa shape index (κ1) is 17.9. The second-order valence-corrected chi connectivity index (χ2v) is 6.62. The van der Waals surface area contributed by atoms with Crippen molar-refractivity contribution in [1.29, 1.82) is 0 Å². The number of aryl methyl sites for hydroxylation is 1. The number of carbonyl (C=O) groups is 1. The Hall–Kier alpha value is -2.95. The van der Waals surface area contributed by atoms with E-state index < -0.39 is 0 Å². The summed E-state index contributed by atoms with van der Waals surface area (Å²) in [6.45, 7) is 2.60. The maximum Gasteiger partial charge on any atom is 0.315 e. The SMILES string of the molecule is CC(CCc1ccc(O)cc1)NC(=O)NCCc1c[nH]c2ccccc12. The number of nitrogens with one attached hydrogen (secondary N) is 3. The number of H-pyrrole nitrogens is 1. The molecule has 0 saturated heterocycles. The molecule has 3 aromatic rings. The summed E-state index contributed by atoms with van der Waals surface area (Å²) < 4.78 is 0. The molecule has 0 radical (unpaired) electrons. The molecule has 1 unspecified atom stereocenters. The van der Waals surface area contributed by atoms with E-state index in [4.69, 9.17) is 0 Å². The van der Waals surface area contributed by atoms with Crippen LogP contribution in [-0.2, 0) is 12.8 Å². The van der Waals surface area contributed by atoms with Gasteiger partial charge in [-0.25, -0.2) is 4.79 Å². The van der Waals surface area contributed by atoms with Gasteiger partial charge in [-0.05, 0) is 55.5 Å². The third kappa shape index (κ3) is 4.79. The fraction of sp³-hybridized carbons (Fsp3) is 0.286. The van der Waals surface area contributed by atoms with Gasteiger partial charge in [-0.15, -0.1) is 0 Å². The Morgan fingerprint density at radius 3 is 2.69 bits per heavy atom. The lowest BCUT2D eigenvalue weighted by atomic mass is 10.1. The number of rotatable bonds is 7. The fourth-order valence-electron chi connectivity index (χ4n) is 3.04. The number of phenols is 1. The molecule has 2 aromatic carbocycles. The summed E-state index contributed by atoms with van der Waals surface area (Å²) in [6, 6.07) is 15.3. The zero-order valence-corrected chi connectivity index (χ0v) is 15.0. The molecular weight excluding hydrogens is 326 g/mol. The van der Waals surface area contributed by atoms with E-state index in [0.717, 1.165) is 30.3 Å². The number of aromatic nitrogens is 1. The smallest absolute Gasteiger partial charge is 0.315 e. The third-order valence-electron chi connectivity index (χ3n) is 4.53. The van der Waals surface area contributed by atoms with Crippen molar-refractivity contribution in [3.05, 3.63) is 65.9 Å². The summed E-state index contributed by atoms with van der Waals surface area (Å²) >= 11 is 0. The number of hydrogen-bond donors (Lipinski definition) is 4. The van der Waals surface area contributed by atoms with Gasteiger partial charge in [0.05, 0.1) is 0 Å². The van der Waals surface area contributed by atoms with Crippen LogP contribution in [0.1, 0.15) is 24.5 Å². The highest BCUT2D eigenvalue weighted by Gasteiger charge is 2.08. The van der Waals surface area contributed by atoms with E-state index in [0.29, 0.717) is 6.54 Å². The average Bonchev–Trinajstić information content (AvgIpc) is 3.04. The number of aromatic amines is 1. The van der Waals surface area contributed by atoms with Crippen LogP contribution in [0.25, 0.3) is 10.9 Å². The minimum absolute atomic E-state index is 0.0805. The van der Waals surface area contributed by atoms with Gasteiger partial charge in [0, 0.05) is 29.7 Å². The molecule has 5 nitrogen and oxygen atoms in total. The van der Waals surface area contributed by atoms with Crippen molar-refractivity contribution < 1.29 is 9.90 Å². The van der Waals surface area contributed by atoms with Crippen LogP contribution in [0.2, 0.25) is 0 Å². The quantitative estimate of drug-likeness (QED) is 0.523. The van der Waals surface area contributed by atoms with Gasteiger partial charge < -0.3 is 20.7 Å². The zero-order chi connectivity index (χ0) is 18.4. The summed E-state index contributed by atoms with van der Waals surface area (Å²) in [5.74, 6) is 0.273. The van der Waals surface area contributed by atoms with Gasteiger partial charge >= 0.3 is 6.03 Å². The van der Waals surface area contributed by atoms with Crippen LogP contribution in [0.4, 0.5) is 4.79 Å². The molecule has 4 N–H and O–H groups in total. The second kappa shape index (κ2) is 8.43. The number of urea groups is 1. The van der Waals surface area contributed by atoms with Crippen molar-refractivity contribution >= 4 is 16.9 Å². The van der Waals surface area contributed by atoms with Crippen molar-refractivity contribution in [3.63, 3.8) is 0 Å². The van der Waals surface area contributed by atoms with Crippen LogP contribution in [0.3, 0.4) is 0 Å². The molecule has 0 aliphatic rings. The summed E-state index contributed by atoms with van der Waals surface area (Å²) in [5.41, 5.74) is 3.48. The number of phenolic OH excluding ortho intramolecular Hbond substituents is 1. The van der Waals surface area contributed by atoms with E-state index in [1.807, 2.05) is 37.4 Å². The Morgan fingerprint density at radius 2 is 1.88 bits per heavy atom. The van der Waals surface area contributed by atoms with Crippen LogP contribution in [0, 0.1) is 0 Å². The highest BCUT2D eigenvalue weighted by atomic mass is 16.3. The van der Waals surface area contributed by atoms with Gasteiger partial charge in [0.2, 0.25) is 0 Å². The lowest BCUT2D eigenvalue weighted by Crippen LogP contribution is -2.41. The van der Waals surface area contributed by atoms with Crippen LogP contribution in [0.15, 0.2) is 54.7 Å². The Bertz CT molecular complexity index is 855. The van der Waals surface area contributed by atoms with Crippen molar-refractivity contribution in [1.82, 2.24) is 15.6 Å². The molecule has 0 fully saturated rings. The largest absolute Gasteiger partial charge is 0.508 e. The number of benzene rings is 2. The molecule has 1 heterocycles. The van der Waals surface area contributed by atoms with E-state index >= 15 is 0 Å². The molecule has 3 rings (SSSR count). The van der Waals surface area contributed by atoms with Crippen LogP contribution >= 0.6 is 0 Å². The van der Waals surface area contributed by atoms with Gasteiger partial charge in [0.25, 0.3) is 0 Å². The van der Waals surface area contributed by atoms with E-state index in [1.165, 1.54) is 10.9 Å². The van der Waals surface area contributed by atoms with E-state index in [2.05, 4.69) is 27.8 Å². The molecule has 1 atom stereocenters. The van der Waals surface area contributed by atoms with Crippen molar-refractivity contribution in [2.75, 3.05) is 6.54 Å². The van der Waals surface area contributed by atoms with Gasteiger partial charge in [-0.1, -0.05) is 30.3 Å². The predicted molar refractivity (Wildman–Crippen MR) is 104 cm³/mol. The van der Waals surface area contributed by atoms with Gasteiger partial charge in [-0.2, -0.15) is 0 Å². The minimum atomic E-state index is -0.136. The molecule has 0 aliphatic carbocycles. The molecule has 0 spiro atoms. The predicted octanol–water partition coefficient (Wildman–Crippen LogP) is 3.74. The lowest BCUT2D eigenvalue weighted by Gasteiger charge is -2.14. The normalized spacial score (nSPS) is 12.0. The third-order valence-corrected chi connectivity index (χ3v) is 4.53. The highest BCUT2D eigenvalue weighted by molar-refractivity contribution is 5.83. The van der Waals surface area contributed by atoms with Gasteiger partial charge in [0.1, 0.15) is 5.75 Å². The Balaban J connectivity index is 1.38. The molecule has 1 aromatic heterocycles. The first-order chi connectivity index (χ1) is 12.6. The number of hydrogen-bond acceptors (Lipinski definition) is 2. The second-order valence-electron chi connectivity index (χ2n) is 6.62. The standard InChI is InChI=1S/C21H25N3O2/c1-15(6-7-16-8-10-18(25)11-9-16)24-21(26)22-13-12-17-14-23-20-5-3-2-4-19(17)20/h2-5,8-11,14-15,23,25H,6-7,12-13H2,1H3,(H2,22,24,26). The van der Waals surface area contributed by atoms with Crippen molar-refractivity contribution in [2.45, 2.75) is 32.2 Å². The highest BCUT2D eigenvalue weighted by Crippen LogP contribution is 2.17. The number of para-hydroxylation sites is 1. The molecule has 5 heteroatoms. The molecular formula is C21H25N3O2. The lowest BCUT2D eigenvalue weighted by molar-refractivity contribution is 0.237. The molecule has 0 bridgehead atoms. The van der Waals surface area contributed by atoms with Gasteiger partial charge in [-0.3, -0.25) is 0 Å². The molecule has 0 saturated carbocycles. The van der Waals surface area contributed by atoms with Crippen LogP contribution in [0.5, 0.6) is 5.75 Å². The molecule has 0 aliphatic heterocycles. The Morgan fingerprint density at radius 1 is 1.12 bits per heavy atom. The Kier molecular flexibility index (Phi) is 5.79. The number of aromatic hydroxyl groups is 1. The van der Waals surface area contributed by atoms with Crippen LogP contribution in [-0.4, -0.2) is 28.7 Å². The topological polar surface area (TPSA) is 77.2 Å². The first-order valence-electron chi connectivity index (χ1n) is 8.99. The number of amides is 2. The molecule has 26 heavy (non-hydrogen) atoms. The van der Waals surface area contributed by atoms with Gasteiger partial charge in [0.15, 0.2) is 0 Å². The Labute approximate surface area is 153 Å². The van der Waals surface area contributed by atoms with Crippen molar-refractivity contribution in [3.8, 4) is 5.75 Å². The van der Waals surface area contributed by atoms with Crippen LogP contribution < -0.4 is 10.6 Å². The number of carbonyl (C=O) groups excluding carboxylic acids is 1. The average molecular weight is 351 g/mol. The number of fused-ring (bicyclic) bond motifs is 1. The first-order valence-corrected chi connectivity index (χ1v) is 8.99. The van der Waals surface area contributed by atoms with E-state index in [-0.39, 0.29) is 17.8 Å².